The Kier molecular flexibility index (Phi) is 5.06. The first-order chi connectivity index (χ1) is 10.4. The molecule has 0 aliphatic rings. The lowest BCUT2D eigenvalue weighted by Gasteiger charge is -2.13. The molecular formula is C16H14Cl2N2O2. The van der Waals surface area contributed by atoms with Gasteiger partial charge in [-0.15, -0.1) is 0 Å². The van der Waals surface area contributed by atoms with Gasteiger partial charge in [0.05, 0.1) is 10.6 Å². The van der Waals surface area contributed by atoms with Crippen LogP contribution in [0.25, 0.3) is 0 Å². The molecule has 2 amide bonds. The molecule has 2 aromatic rings. The van der Waals surface area contributed by atoms with Crippen molar-refractivity contribution in [1.29, 1.82) is 0 Å². The van der Waals surface area contributed by atoms with E-state index in [0.717, 1.165) is 5.56 Å². The van der Waals surface area contributed by atoms with Gasteiger partial charge in [0.25, 0.3) is 5.91 Å². The maximum absolute atomic E-state index is 12.3. The third-order valence-corrected chi connectivity index (χ3v) is 3.63. The summed E-state index contributed by atoms with van der Waals surface area (Å²) >= 11 is 11.9. The summed E-state index contributed by atoms with van der Waals surface area (Å²) in [4.78, 5) is 23.5. The summed E-state index contributed by atoms with van der Waals surface area (Å²) in [7, 11) is 0. The van der Waals surface area contributed by atoms with E-state index in [9.17, 15) is 9.59 Å². The number of carbonyl (C=O) groups excluding carboxylic acids is 2. The highest BCUT2D eigenvalue weighted by molar-refractivity contribution is 6.36. The molecule has 2 N–H and O–H groups in total. The highest BCUT2D eigenvalue weighted by atomic mass is 35.5. The number of hydrogen-bond donors (Lipinski definition) is 2. The Morgan fingerprint density at radius 1 is 1.00 bits per heavy atom. The van der Waals surface area contributed by atoms with Gasteiger partial charge in [0.2, 0.25) is 5.91 Å². The Balaban J connectivity index is 2.29. The van der Waals surface area contributed by atoms with Crippen molar-refractivity contribution in [2.24, 2.45) is 0 Å². The summed E-state index contributed by atoms with van der Waals surface area (Å²) in [6.07, 6.45) is 0. The maximum Gasteiger partial charge on any atom is 0.257 e. The van der Waals surface area contributed by atoms with Gasteiger partial charge >= 0.3 is 0 Å². The molecular weight excluding hydrogens is 323 g/mol. The number of amides is 2. The molecule has 6 heteroatoms. The summed E-state index contributed by atoms with van der Waals surface area (Å²) in [5.41, 5.74) is 2.28. The minimum Gasteiger partial charge on any atom is -0.326 e. The molecule has 0 spiro atoms. The molecule has 0 radical (unpaired) electrons. The van der Waals surface area contributed by atoms with Crippen LogP contribution in [0, 0.1) is 6.92 Å². The van der Waals surface area contributed by atoms with Gasteiger partial charge in [-0.25, -0.2) is 0 Å². The lowest BCUT2D eigenvalue weighted by molar-refractivity contribution is -0.114. The van der Waals surface area contributed by atoms with E-state index in [-0.39, 0.29) is 11.8 Å². The van der Waals surface area contributed by atoms with Gasteiger partial charge in [-0.1, -0.05) is 29.3 Å². The normalized spacial score (nSPS) is 10.2. The third kappa shape index (κ3) is 3.78. The second-order valence-corrected chi connectivity index (χ2v) is 5.58. The van der Waals surface area contributed by atoms with E-state index in [2.05, 4.69) is 10.6 Å². The fourth-order valence-electron chi connectivity index (χ4n) is 1.96. The van der Waals surface area contributed by atoms with Crippen LogP contribution < -0.4 is 10.6 Å². The van der Waals surface area contributed by atoms with Crippen molar-refractivity contribution in [1.82, 2.24) is 0 Å². The van der Waals surface area contributed by atoms with Crippen molar-refractivity contribution in [3.05, 3.63) is 57.6 Å². The first kappa shape index (κ1) is 16.3. The van der Waals surface area contributed by atoms with E-state index in [0.29, 0.717) is 27.0 Å². The third-order valence-electron chi connectivity index (χ3n) is 3.07. The molecule has 0 heterocycles. The highest BCUT2D eigenvalue weighted by Crippen LogP contribution is 2.26. The zero-order valence-electron chi connectivity index (χ0n) is 12.0. The molecule has 114 valence electrons. The number of benzene rings is 2. The maximum atomic E-state index is 12.3. The van der Waals surface area contributed by atoms with E-state index in [1.165, 1.54) is 13.0 Å². The van der Waals surface area contributed by atoms with E-state index in [4.69, 9.17) is 23.2 Å². The molecule has 0 aliphatic heterocycles. The van der Waals surface area contributed by atoms with Gasteiger partial charge in [-0.3, -0.25) is 9.59 Å². The fraction of sp³-hybridized carbons (Fsp3) is 0.125. The quantitative estimate of drug-likeness (QED) is 0.866. The van der Waals surface area contributed by atoms with Crippen LogP contribution in [0.4, 0.5) is 11.4 Å². The molecule has 0 saturated carbocycles. The monoisotopic (exact) mass is 336 g/mol. The van der Waals surface area contributed by atoms with E-state index < -0.39 is 0 Å². The lowest BCUT2D eigenvalue weighted by atomic mass is 10.1. The van der Waals surface area contributed by atoms with E-state index in [1.807, 2.05) is 0 Å². The molecule has 0 aromatic heterocycles. The molecule has 4 nitrogen and oxygen atoms in total. The first-order valence-corrected chi connectivity index (χ1v) is 7.27. The zero-order valence-corrected chi connectivity index (χ0v) is 13.5. The molecule has 2 rings (SSSR count). The highest BCUT2D eigenvalue weighted by Gasteiger charge is 2.13. The Bertz CT molecular complexity index is 745. The van der Waals surface area contributed by atoms with Gasteiger partial charge in [0.15, 0.2) is 0 Å². The van der Waals surface area contributed by atoms with Crippen LogP contribution in [0.5, 0.6) is 0 Å². The van der Waals surface area contributed by atoms with Crippen molar-refractivity contribution in [2.75, 3.05) is 10.6 Å². The molecule has 0 fully saturated rings. The van der Waals surface area contributed by atoms with Gasteiger partial charge in [-0.05, 0) is 42.8 Å². The van der Waals surface area contributed by atoms with Crippen LogP contribution in [0.1, 0.15) is 22.8 Å². The Hall–Kier alpha value is -2.04. The number of carbonyl (C=O) groups is 2. The predicted molar refractivity (Wildman–Crippen MR) is 89.9 cm³/mol. The number of nitrogens with one attached hydrogen (secondary N) is 2. The smallest absolute Gasteiger partial charge is 0.257 e. The zero-order chi connectivity index (χ0) is 16.3. The van der Waals surface area contributed by atoms with Crippen LogP contribution in [-0.4, -0.2) is 11.8 Å². The van der Waals surface area contributed by atoms with Crippen molar-refractivity contribution in [3.8, 4) is 0 Å². The summed E-state index contributed by atoms with van der Waals surface area (Å²) < 4.78 is 0. The molecule has 22 heavy (non-hydrogen) atoms. The average molecular weight is 337 g/mol. The van der Waals surface area contributed by atoms with Crippen molar-refractivity contribution in [3.63, 3.8) is 0 Å². The first-order valence-electron chi connectivity index (χ1n) is 6.52. The molecule has 0 unspecified atom stereocenters. The molecule has 0 bridgehead atoms. The number of halogens is 2. The Morgan fingerprint density at radius 3 is 2.27 bits per heavy atom. The standard InChI is InChI=1S/C16H14Cl2N2O2/c1-9-14(19-10(2)21)4-3-5-15(9)20-16(22)12-8-11(17)6-7-13(12)18/h3-8H,1-2H3,(H,19,21)(H,20,22). The van der Waals surface area contributed by atoms with Gasteiger partial charge < -0.3 is 10.6 Å². The van der Waals surface area contributed by atoms with E-state index >= 15 is 0 Å². The van der Waals surface area contributed by atoms with Crippen LogP contribution >= 0.6 is 23.2 Å². The topological polar surface area (TPSA) is 58.2 Å². The van der Waals surface area contributed by atoms with Crippen molar-refractivity contribution < 1.29 is 9.59 Å². The molecule has 0 saturated heterocycles. The predicted octanol–water partition coefficient (Wildman–Crippen LogP) is 4.51. The van der Waals surface area contributed by atoms with Gasteiger partial charge in [0.1, 0.15) is 0 Å². The average Bonchev–Trinajstić information content (AvgIpc) is 2.45. The van der Waals surface area contributed by atoms with Gasteiger partial charge in [0, 0.05) is 23.3 Å². The van der Waals surface area contributed by atoms with Crippen LogP contribution in [0.15, 0.2) is 36.4 Å². The number of anilines is 2. The lowest BCUT2D eigenvalue weighted by Crippen LogP contribution is -2.14. The minimum atomic E-state index is -0.365. The van der Waals surface area contributed by atoms with Crippen molar-refractivity contribution in [2.45, 2.75) is 13.8 Å². The second-order valence-electron chi connectivity index (χ2n) is 4.74. The molecule has 2 aromatic carbocycles. The van der Waals surface area contributed by atoms with Crippen molar-refractivity contribution >= 4 is 46.4 Å². The summed E-state index contributed by atoms with van der Waals surface area (Å²) in [5, 5.41) is 6.23. The van der Waals surface area contributed by atoms with E-state index in [1.54, 1.807) is 37.3 Å². The SMILES string of the molecule is CC(=O)Nc1cccc(NC(=O)c2cc(Cl)ccc2Cl)c1C. The number of rotatable bonds is 3. The van der Waals surface area contributed by atoms with Crippen LogP contribution in [0.2, 0.25) is 10.0 Å². The Labute approximate surface area is 138 Å². The fourth-order valence-corrected chi connectivity index (χ4v) is 2.33. The van der Waals surface area contributed by atoms with Crippen LogP contribution in [0.3, 0.4) is 0 Å². The van der Waals surface area contributed by atoms with Gasteiger partial charge in [-0.2, -0.15) is 0 Å². The summed E-state index contributed by atoms with van der Waals surface area (Å²) in [5.74, 6) is -0.542. The van der Waals surface area contributed by atoms with Crippen LogP contribution in [-0.2, 0) is 4.79 Å². The largest absolute Gasteiger partial charge is 0.326 e. The summed E-state index contributed by atoms with van der Waals surface area (Å²) in [6, 6.07) is 9.94. The minimum absolute atomic E-state index is 0.176. The summed E-state index contributed by atoms with van der Waals surface area (Å²) in [6.45, 7) is 3.23. The molecule has 0 aliphatic carbocycles. The number of hydrogen-bond acceptors (Lipinski definition) is 2. The second kappa shape index (κ2) is 6.81. The Morgan fingerprint density at radius 2 is 1.64 bits per heavy atom. The molecule has 0 atom stereocenters.